The molecule has 2 unspecified atom stereocenters. The lowest BCUT2D eigenvalue weighted by molar-refractivity contribution is -0.0812. The predicted octanol–water partition coefficient (Wildman–Crippen LogP) is 5.72. The lowest BCUT2D eigenvalue weighted by Gasteiger charge is -2.60. The largest absolute Gasteiger partial charge is 0.508 e. The molecule has 0 aromatic heterocycles. The molecule has 0 aliphatic heterocycles. The lowest BCUT2D eigenvalue weighted by Crippen LogP contribution is -2.54. The summed E-state index contributed by atoms with van der Waals surface area (Å²) in [7, 11) is 0. The molecule has 3 aliphatic carbocycles. The van der Waals surface area contributed by atoms with Crippen LogP contribution >= 0.6 is 0 Å². The van der Waals surface area contributed by atoms with Gasteiger partial charge in [-0.1, -0.05) is 38.3 Å². The van der Waals surface area contributed by atoms with Gasteiger partial charge in [0.15, 0.2) is 0 Å². The molecule has 3 N–H and O–H groups in total. The average Bonchev–Trinajstić information content (AvgIpc) is 3.01. The SMILES string of the molecule is C=CC12CCc3cc(O)ccc3[C@H]1[C@@H](CCCCCC(C)O)C[C@]1(C)[C@@H](O)CC[C@@H]21. The van der Waals surface area contributed by atoms with E-state index in [1.54, 1.807) is 0 Å². The Bertz CT molecular complexity index is 771. The van der Waals surface area contributed by atoms with Crippen molar-refractivity contribution in [2.24, 2.45) is 22.7 Å². The monoisotopic (exact) mass is 412 g/mol. The van der Waals surface area contributed by atoms with Crippen LogP contribution in [-0.2, 0) is 6.42 Å². The fraction of sp³-hybridized carbons (Fsp3) is 0.704. The highest BCUT2D eigenvalue weighted by atomic mass is 16.3. The van der Waals surface area contributed by atoms with Crippen molar-refractivity contribution in [1.82, 2.24) is 0 Å². The number of aliphatic hydroxyl groups is 2. The third-order valence-corrected chi connectivity index (χ3v) is 9.05. The van der Waals surface area contributed by atoms with Crippen LogP contribution in [0.2, 0.25) is 0 Å². The van der Waals surface area contributed by atoms with E-state index in [-0.39, 0.29) is 23.0 Å². The van der Waals surface area contributed by atoms with Crippen molar-refractivity contribution >= 4 is 0 Å². The lowest BCUT2D eigenvalue weighted by atomic mass is 9.44. The second-order valence-corrected chi connectivity index (χ2v) is 10.8. The van der Waals surface area contributed by atoms with E-state index in [9.17, 15) is 15.3 Å². The van der Waals surface area contributed by atoms with Gasteiger partial charge in [0.25, 0.3) is 0 Å². The number of hydrogen-bond donors (Lipinski definition) is 3. The molecule has 1 aromatic carbocycles. The van der Waals surface area contributed by atoms with Crippen molar-refractivity contribution in [3.63, 3.8) is 0 Å². The first-order valence-electron chi connectivity index (χ1n) is 12.1. The van der Waals surface area contributed by atoms with Crippen molar-refractivity contribution in [3.05, 3.63) is 42.0 Å². The quantitative estimate of drug-likeness (QED) is 0.396. The number of allylic oxidation sites excluding steroid dienone is 1. The molecule has 2 saturated carbocycles. The van der Waals surface area contributed by atoms with Gasteiger partial charge in [-0.25, -0.2) is 0 Å². The van der Waals surface area contributed by atoms with Gasteiger partial charge >= 0.3 is 0 Å². The summed E-state index contributed by atoms with van der Waals surface area (Å²) >= 11 is 0. The number of unbranched alkanes of at least 4 members (excludes halogenated alkanes) is 2. The van der Waals surface area contributed by atoms with E-state index < -0.39 is 0 Å². The number of aromatic hydroxyl groups is 1. The van der Waals surface area contributed by atoms with Crippen LogP contribution < -0.4 is 0 Å². The number of hydrogen-bond acceptors (Lipinski definition) is 3. The second-order valence-electron chi connectivity index (χ2n) is 10.8. The van der Waals surface area contributed by atoms with Crippen LogP contribution in [0.1, 0.15) is 88.7 Å². The molecular formula is C27H40O3. The Labute approximate surface area is 182 Å². The molecule has 0 spiro atoms. The van der Waals surface area contributed by atoms with Crippen LogP contribution in [0.25, 0.3) is 0 Å². The highest BCUT2D eigenvalue weighted by molar-refractivity contribution is 5.43. The zero-order chi connectivity index (χ0) is 21.5. The molecule has 30 heavy (non-hydrogen) atoms. The van der Waals surface area contributed by atoms with E-state index >= 15 is 0 Å². The van der Waals surface area contributed by atoms with E-state index in [0.29, 0.717) is 23.5 Å². The Balaban J connectivity index is 1.67. The third-order valence-electron chi connectivity index (χ3n) is 9.05. The summed E-state index contributed by atoms with van der Waals surface area (Å²) < 4.78 is 0. The number of aliphatic hydroxyl groups excluding tert-OH is 2. The Kier molecular flexibility index (Phi) is 6.07. The molecule has 3 aliphatic rings. The van der Waals surface area contributed by atoms with Crippen LogP contribution in [0.15, 0.2) is 30.9 Å². The van der Waals surface area contributed by atoms with Gasteiger partial charge in [0, 0.05) is 0 Å². The zero-order valence-corrected chi connectivity index (χ0v) is 18.8. The fourth-order valence-electron chi connectivity index (χ4n) is 7.72. The highest BCUT2D eigenvalue weighted by Crippen LogP contribution is 2.69. The minimum atomic E-state index is -0.209. The molecule has 7 atom stereocenters. The summed E-state index contributed by atoms with van der Waals surface area (Å²) in [5.74, 6) is 1.80. The van der Waals surface area contributed by atoms with E-state index in [2.05, 4.69) is 25.6 Å². The molecule has 3 nitrogen and oxygen atoms in total. The number of rotatable bonds is 7. The van der Waals surface area contributed by atoms with Gasteiger partial charge in [-0.2, -0.15) is 0 Å². The fourth-order valence-corrected chi connectivity index (χ4v) is 7.72. The Morgan fingerprint density at radius 1 is 1.23 bits per heavy atom. The predicted molar refractivity (Wildman–Crippen MR) is 122 cm³/mol. The van der Waals surface area contributed by atoms with Crippen molar-refractivity contribution < 1.29 is 15.3 Å². The topological polar surface area (TPSA) is 60.7 Å². The van der Waals surface area contributed by atoms with Crippen molar-refractivity contribution in [2.45, 2.75) is 96.2 Å². The average molecular weight is 413 g/mol. The number of phenols is 1. The molecule has 1 aromatic rings. The number of benzene rings is 1. The van der Waals surface area contributed by atoms with Gasteiger partial charge in [-0.15, -0.1) is 6.58 Å². The maximum atomic E-state index is 11.0. The highest BCUT2D eigenvalue weighted by Gasteiger charge is 2.63. The molecule has 0 radical (unpaired) electrons. The first-order valence-corrected chi connectivity index (χ1v) is 12.1. The molecule has 0 heterocycles. The minimum absolute atomic E-state index is 0.0244. The van der Waals surface area contributed by atoms with Gasteiger partial charge < -0.3 is 15.3 Å². The van der Waals surface area contributed by atoms with Crippen LogP contribution in [-0.4, -0.2) is 27.5 Å². The smallest absolute Gasteiger partial charge is 0.115 e. The molecule has 166 valence electrons. The summed E-state index contributed by atoms with van der Waals surface area (Å²) in [4.78, 5) is 0. The Hall–Kier alpha value is -1.32. The van der Waals surface area contributed by atoms with E-state index in [0.717, 1.165) is 57.8 Å². The maximum Gasteiger partial charge on any atom is 0.115 e. The zero-order valence-electron chi connectivity index (χ0n) is 18.8. The van der Waals surface area contributed by atoms with Crippen LogP contribution in [0.3, 0.4) is 0 Å². The molecule has 0 saturated heterocycles. The Morgan fingerprint density at radius 2 is 2.03 bits per heavy atom. The second kappa shape index (κ2) is 8.31. The summed E-state index contributed by atoms with van der Waals surface area (Å²) in [5, 5.41) is 30.6. The van der Waals surface area contributed by atoms with Crippen molar-refractivity contribution in [1.29, 1.82) is 0 Å². The van der Waals surface area contributed by atoms with Crippen LogP contribution in [0, 0.1) is 22.7 Å². The molecule has 0 amide bonds. The van der Waals surface area contributed by atoms with E-state index in [1.165, 1.54) is 17.5 Å². The Morgan fingerprint density at radius 3 is 2.77 bits per heavy atom. The summed E-state index contributed by atoms with van der Waals surface area (Å²) in [6.45, 7) is 8.58. The molecule has 3 heteroatoms. The number of phenolic OH excluding ortho intramolecular Hbond substituents is 1. The standard InChI is InChI=1S/C27H40O3/c1-4-27-15-14-19-16-21(29)10-11-22(19)25(27)20(9-7-5-6-8-18(2)28)17-26(3)23(27)12-13-24(26)30/h4,10-11,16,18,20,23-25,28-30H,1,5-9,12-15,17H2,2-3H3/t18?,20-,23+,24-,25+,26-,27?/m0/s1. The van der Waals surface area contributed by atoms with Gasteiger partial charge in [-0.3, -0.25) is 0 Å². The van der Waals surface area contributed by atoms with Gasteiger partial charge in [-0.05, 0) is 104 Å². The number of fused-ring (bicyclic) bond motifs is 5. The van der Waals surface area contributed by atoms with Crippen LogP contribution in [0.5, 0.6) is 5.75 Å². The molecular weight excluding hydrogens is 372 g/mol. The molecule has 4 rings (SSSR count). The third kappa shape index (κ3) is 3.52. The van der Waals surface area contributed by atoms with Gasteiger partial charge in [0.05, 0.1) is 12.2 Å². The molecule has 0 bridgehead atoms. The van der Waals surface area contributed by atoms with E-state index in [4.69, 9.17) is 0 Å². The van der Waals surface area contributed by atoms with Crippen molar-refractivity contribution in [3.8, 4) is 5.75 Å². The van der Waals surface area contributed by atoms with E-state index in [1.807, 2.05) is 19.1 Å². The summed E-state index contributed by atoms with van der Waals surface area (Å²) in [6, 6.07) is 6.00. The molecule has 2 fully saturated rings. The minimum Gasteiger partial charge on any atom is -0.508 e. The summed E-state index contributed by atoms with van der Waals surface area (Å²) in [5.41, 5.74) is 2.73. The van der Waals surface area contributed by atoms with Gasteiger partial charge in [0.1, 0.15) is 5.75 Å². The van der Waals surface area contributed by atoms with Gasteiger partial charge in [0.2, 0.25) is 0 Å². The van der Waals surface area contributed by atoms with Crippen LogP contribution in [0.4, 0.5) is 0 Å². The normalized spacial score (nSPS) is 38.4. The summed E-state index contributed by atoms with van der Waals surface area (Å²) in [6.07, 6.45) is 12.4. The van der Waals surface area contributed by atoms with Crippen molar-refractivity contribution in [2.75, 3.05) is 0 Å². The number of aryl methyl sites for hydroxylation is 1. The first kappa shape index (κ1) is 21.9. The maximum absolute atomic E-state index is 11.0. The first-order chi connectivity index (χ1) is 14.3.